The van der Waals surface area contributed by atoms with Gasteiger partial charge in [0.25, 0.3) is 0 Å². The van der Waals surface area contributed by atoms with Crippen molar-refractivity contribution in [2.24, 2.45) is 0 Å². The van der Waals surface area contributed by atoms with E-state index in [1.54, 1.807) is 6.92 Å². The fourth-order valence-electron chi connectivity index (χ4n) is 1.89. The standard InChI is InChI=1S/C15H23NO4S/c1-11(16-21(19,20)10-9-14(17)18)12-5-7-13(8-6-12)15(2,3)4/h5-8,11,16H,9-10H2,1-4H3,(H,17,18). The van der Waals surface area contributed by atoms with Crippen molar-refractivity contribution in [2.45, 2.75) is 45.6 Å². The van der Waals surface area contributed by atoms with Crippen LogP contribution in [0.3, 0.4) is 0 Å². The quantitative estimate of drug-likeness (QED) is 0.845. The zero-order valence-corrected chi connectivity index (χ0v) is 13.7. The maximum absolute atomic E-state index is 11.8. The van der Waals surface area contributed by atoms with Crippen LogP contribution in [-0.2, 0) is 20.2 Å². The number of benzene rings is 1. The summed E-state index contributed by atoms with van der Waals surface area (Å²) in [5, 5.41) is 8.54. The normalized spacial score (nSPS) is 13.9. The number of carboxylic acids is 1. The minimum absolute atomic E-state index is 0.0444. The van der Waals surface area contributed by atoms with Crippen molar-refractivity contribution in [3.63, 3.8) is 0 Å². The predicted molar refractivity (Wildman–Crippen MR) is 82.7 cm³/mol. The van der Waals surface area contributed by atoms with Gasteiger partial charge in [0.2, 0.25) is 10.0 Å². The van der Waals surface area contributed by atoms with Gasteiger partial charge in [-0.2, -0.15) is 0 Å². The molecule has 1 aromatic carbocycles. The molecule has 2 N–H and O–H groups in total. The SMILES string of the molecule is CC(NS(=O)(=O)CCC(=O)O)c1ccc(C(C)(C)C)cc1. The Labute approximate surface area is 126 Å². The Bertz CT molecular complexity index is 585. The molecule has 0 saturated carbocycles. The van der Waals surface area contributed by atoms with Gasteiger partial charge in [-0.15, -0.1) is 0 Å². The summed E-state index contributed by atoms with van der Waals surface area (Å²) in [6, 6.07) is 7.36. The zero-order valence-electron chi connectivity index (χ0n) is 12.9. The fraction of sp³-hybridized carbons (Fsp3) is 0.533. The van der Waals surface area contributed by atoms with Crippen LogP contribution in [0.5, 0.6) is 0 Å². The van der Waals surface area contributed by atoms with E-state index in [4.69, 9.17) is 5.11 Å². The lowest BCUT2D eigenvalue weighted by molar-refractivity contribution is -0.136. The van der Waals surface area contributed by atoms with Gasteiger partial charge in [0.1, 0.15) is 0 Å². The molecule has 0 spiro atoms. The lowest BCUT2D eigenvalue weighted by Gasteiger charge is -2.20. The molecule has 1 atom stereocenters. The fourth-order valence-corrected chi connectivity index (χ4v) is 3.13. The summed E-state index contributed by atoms with van der Waals surface area (Å²) in [7, 11) is -3.59. The molecule has 1 unspecified atom stereocenters. The monoisotopic (exact) mass is 313 g/mol. The van der Waals surface area contributed by atoms with Gasteiger partial charge in [0, 0.05) is 6.04 Å². The van der Waals surface area contributed by atoms with Crippen molar-refractivity contribution in [3.05, 3.63) is 35.4 Å². The molecule has 21 heavy (non-hydrogen) atoms. The highest BCUT2D eigenvalue weighted by Gasteiger charge is 2.18. The van der Waals surface area contributed by atoms with Crippen molar-refractivity contribution in [1.29, 1.82) is 0 Å². The number of carboxylic acid groups (broad SMARTS) is 1. The van der Waals surface area contributed by atoms with Crippen LogP contribution < -0.4 is 4.72 Å². The van der Waals surface area contributed by atoms with Crippen LogP contribution >= 0.6 is 0 Å². The van der Waals surface area contributed by atoms with Crippen LogP contribution in [0.4, 0.5) is 0 Å². The van der Waals surface area contributed by atoms with E-state index in [-0.39, 0.29) is 5.41 Å². The van der Waals surface area contributed by atoms with Crippen LogP contribution in [0.1, 0.15) is 51.3 Å². The first-order valence-corrected chi connectivity index (χ1v) is 8.49. The number of carbonyl (C=O) groups is 1. The molecule has 0 saturated heterocycles. The van der Waals surface area contributed by atoms with Crippen molar-refractivity contribution in [2.75, 3.05) is 5.75 Å². The Morgan fingerprint density at radius 3 is 2.19 bits per heavy atom. The van der Waals surface area contributed by atoms with E-state index in [0.29, 0.717) is 0 Å². The molecule has 0 aliphatic rings. The molecular weight excluding hydrogens is 290 g/mol. The summed E-state index contributed by atoms with van der Waals surface area (Å²) >= 11 is 0. The number of hydrogen-bond donors (Lipinski definition) is 2. The van der Waals surface area contributed by atoms with Crippen molar-refractivity contribution >= 4 is 16.0 Å². The first kappa shape index (κ1) is 17.7. The summed E-state index contributed by atoms with van der Waals surface area (Å²) in [4.78, 5) is 10.4. The Morgan fingerprint density at radius 1 is 1.24 bits per heavy atom. The summed E-state index contributed by atoms with van der Waals surface area (Å²) in [5.41, 5.74) is 2.07. The van der Waals surface area contributed by atoms with Crippen molar-refractivity contribution in [1.82, 2.24) is 4.72 Å². The molecule has 0 aromatic heterocycles. The summed E-state index contributed by atoms with van der Waals surface area (Å²) in [6.45, 7) is 8.07. The largest absolute Gasteiger partial charge is 0.481 e. The molecule has 5 nitrogen and oxygen atoms in total. The van der Waals surface area contributed by atoms with Gasteiger partial charge in [0.15, 0.2) is 0 Å². The maximum Gasteiger partial charge on any atom is 0.304 e. The van der Waals surface area contributed by atoms with Crippen LogP contribution in [0.2, 0.25) is 0 Å². The Kier molecular flexibility index (Phi) is 5.53. The summed E-state index contributed by atoms with van der Waals surface area (Å²) in [5.74, 6) is -1.53. The molecule has 0 aliphatic heterocycles. The molecule has 1 rings (SSSR count). The minimum atomic E-state index is -3.59. The van der Waals surface area contributed by atoms with Crippen LogP contribution in [0.25, 0.3) is 0 Å². The van der Waals surface area contributed by atoms with Gasteiger partial charge in [0.05, 0.1) is 12.2 Å². The zero-order chi connectivity index (χ0) is 16.3. The first-order valence-electron chi connectivity index (χ1n) is 6.83. The van der Waals surface area contributed by atoms with Crippen LogP contribution in [0.15, 0.2) is 24.3 Å². The molecule has 0 bridgehead atoms. The molecule has 0 aliphatic carbocycles. The molecule has 0 radical (unpaired) electrons. The van der Waals surface area contributed by atoms with E-state index >= 15 is 0 Å². The number of aliphatic carboxylic acids is 1. The average molecular weight is 313 g/mol. The Balaban J connectivity index is 2.76. The van der Waals surface area contributed by atoms with E-state index in [2.05, 4.69) is 25.5 Å². The Morgan fingerprint density at radius 2 is 1.76 bits per heavy atom. The molecule has 1 aromatic rings. The molecule has 118 valence electrons. The third-order valence-electron chi connectivity index (χ3n) is 3.22. The van der Waals surface area contributed by atoms with E-state index in [1.807, 2.05) is 24.3 Å². The second-order valence-electron chi connectivity index (χ2n) is 6.17. The van der Waals surface area contributed by atoms with Gasteiger partial charge < -0.3 is 5.11 Å². The van der Waals surface area contributed by atoms with E-state index < -0.39 is 34.2 Å². The molecule has 0 heterocycles. The van der Waals surface area contributed by atoms with Gasteiger partial charge in [-0.1, -0.05) is 45.0 Å². The second-order valence-corrected chi connectivity index (χ2v) is 8.05. The minimum Gasteiger partial charge on any atom is -0.481 e. The third kappa shape index (κ3) is 5.85. The van der Waals surface area contributed by atoms with E-state index in [1.165, 1.54) is 5.56 Å². The second kappa shape index (κ2) is 6.58. The smallest absolute Gasteiger partial charge is 0.304 e. The van der Waals surface area contributed by atoms with Crippen LogP contribution in [-0.4, -0.2) is 25.2 Å². The lowest BCUT2D eigenvalue weighted by Crippen LogP contribution is -2.30. The molecule has 0 amide bonds. The van der Waals surface area contributed by atoms with Crippen molar-refractivity contribution < 1.29 is 18.3 Å². The van der Waals surface area contributed by atoms with E-state index in [9.17, 15) is 13.2 Å². The number of rotatable bonds is 6. The number of hydrogen-bond acceptors (Lipinski definition) is 3. The van der Waals surface area contributed by atoms with Gasteiger partial charge in [-0.3, -0.25) is 4.79 Å². The maximum atomic E-state index is 11.8. The lowest BCUT2D eigenvalue weighted by atomic mass is 9.86. The van der Waals surface area contributed by atoms with Crippen molar-refractivity contribution in [3.8, 4) is 0 Å². The average Bonchev–Trinajstić information content (AvgIpc) is 2.35. The molecule has 0 fully saturated rings. The molecule has 6 heteroatoms. The summed E-state index contributed by atoms with van der Waals surface area (Å²) < 4.78 is 26.0. The van der Waals surface area contributed by atoms with Gasteiger partial charge in [-0.05, 0) is 23.5 Å². The van der Waals surface area contributed by atoms with E-state index in [0.717, 1.165) is 5.56 Å². The predicted octanol–water partition coefficient (Wildman–Crippen LogP) is 2.44. The summed E-state index contributed by atoms with van der Waals surface area (Å²) in [6.07, 6.45) is -0.398. The first-order chi connectivity index (χ1) is 9.51. The highest BCUT2D eigenvalue weighted by atomic mass is 32.2. The van der Waals surface area contributed by atoms with Crippen LogP contribution in [0, 0.1) is 0 Å². The van der Waals surface area contributed by atoms with Gasteiger partial charge in [-0.25, -0.2) is 13.1 Å². The molecular formula is C15H23NO4S. The Hall–Kier alpha value is -1.40. The number of nitrogens with one attached hydrogen (secondary N) is 1. The highest BCUT2D eigenvalue weighted by molar-refractivity contribution is 7.89. The third-order valence-corrected chi connectivity index (χ3v) is 4.67. The van der Waals surface area contributed by atoms with Gasteiger partial charge >= 0.3 is 5.97 Å². The highest BCUT2D eigenvalue weighted by Crippen LogP contribution is 2.24. The number of sulfonamides is 1. The topological polar surface area (TPSA) is 83.5 Å².